The third kappa shape index (κ3) is 3.41. The van der Waals surface area contributed by atoms with Gasteiger partial charge in [-0.15, -0.1) is 11.3 Å². The molecule has 1 N–H and O–H groups in total. The molecule has 0 spiro atoms. The van der Waals surface area contributed by atoms with E-state index in [1.54, 1.807) is 17.6 Å². The summed E-state index contributed by atoms with van der Waals surface area (Å²) < 4.78 is 11.4. The highest BCUT2D eigenvalue weighted by Gasteiger charge is 2.41. The molecule has 2 fully saturated rings. The predicted molar refractivity (Wildman–Crippen MR) is 91.6 cm³/mol. The number of nitrogens with one attached hydrogen (secondary N) is 1. The van der Waals surface area contributed by atoms with Crippen molar-refractivity contribution in [2.45, 2.75) is 50.6 Å². The largest absolute Gasteiger partial charge is 0.467 e. The Morgan fingerprint density at radius 2 is 2.25 bits per heavy atom. The van der Waals surface area contributed by atoms with Crippen LogP contribution in [0.25, 0.3) is 0 Å². The van der Waals surface area contributed by atoms with Crippen molar-refractivity contribution in [1.29, 1.82) is 0 Å². The predicted octanol–water partition coefficient (Wildman–Crippen LogP) is 2.78. The molecule has 4 heterocycles. The number of carbonyl (C=O) groups is 1. The third-order valence-electron chi connectivity index (χ3n) is 4.91. The fourth-order valence-corrected chi connectivity index (χ4v) is 4.44. The average Bonchev–Trinajstić information content (AvgIpc) is 3.35. The van der Waals surface area contributed by atoms with Crippen LogP contribution in [0.15, 0.2) is 40.3 Å². The van der Waals surface area contributed by atoms with Crippen LogP contribution in [0.1, 0.15) is 29.9 Å². The second-order valence-corrected chi connectivity index (χ2v) is 7.48. The molecule has 0 aromatic carbocycles. The van der Waals surface area contributed by atoms with Gasteiger partial charge in [0.15, 0.2) is 0 Å². The van der Waals surface area contributed by atoms with E-state index in [0.29, 0.717) is 12.6 Å². The Labute approximate surface area is 145 Å². The lowest BCUT2D eigenvalue weighted by atomic mass is 9.98. The molecule has 0 aliphatic carbocycles. The molecule has 2 aliphatic rings. The van der Waals surface area contributed by atoms with Gasteiger partial charge in [0.2, 0.25) is 5.91 Å². The fraction of sp³-hybridized carbons (Fsp3) is 0.500. The minimum Gasteiger partial charge on any atom is -0.467 e. The van der Waals surface area contributed by atoms with Crippen LogP contribution in [-0.2, 0) is 22.6 Å². The number of hydrogen-bond donors (Lipinski definition) is 1. The van der Waals surface area contributed by atoms with E-state index >= 15 is 0 Å². The molecule has 1 amide bonds. The first kappa shape index (κ1) is 15.9. The van der Waals surface area contributed by atoms with Gasteiger partial charge in [0, 0.05) is 24.0 Å². The Hall–Kier alpha value is -1.63. The molecule has 0 bridgehead atoms. The number of carbonyl (C=O) groups excluding carboxylic acids is 1. The highest BCUT2D eigenvalue weighted by atomic mass is 32.1. The van der Waals surface area contributed by atoms with Crippen molar-refractivity contribution in [3.8, 4) is 0 Å². The normalized spacial score (nSPS) is 27.1. The SMILES string of the molecule is O=C(NCc1ccco1)[C@@H]1CC[C@@H]2[C@@H](CCN2Cc2cccs2)O1. The summed E-state index contributed by atoms with van der Waals surface area (Å²) in [6.07, 6.45) is 4.28. The summed E-state index contributed by atoms with van der Waals surface area (Å²) in [4.78, 5) is 16.2. The number of hydrogen-bond acceptors (Lipinski definition) is 5. The molecule has 0 saturated carbocycles. The second kappa shape index (κ2) is 7.09. The van der Waals surface area contributed by atoms with E-state index in [1.807, 2.05) is 12.1 Å². The second-order valence-electron chi connectivity index (χ2n) is 6.44. The zero-order valence-corrected chi connectivity index (χ0v) is 14.3. The van der Waals surface area contributed by atoms with Gasteiger partial charge >= 0.3 is 0 Å². The van der Waals surface area contributed by atoms with Crippen LogP contribution in [0.3, 0.4) is 0 Å². The van der Waals surface area contributed by atoms with Gasteiger partial charge in [-0.25, -0.2) is 0 Å². The van der Waals surface area contributed by atoms with Gasteiger partial charge in [0.25, 0.3) is 0 Å². The number of rotatable bonds is 5. The van der Waals surface area contributed by atoms with E-state index in [-0.39, 0.29) is 18.1 Å². The van der Waals surface area contributed by atoms with Crippen molar-refractivity contribution >= 4 is 17.2 Å². The van der Waals surface area contributed by atoms with E-state index in [4.69, 9.17) is 9.15 Å². The van der Waals surface area contributed by atoms with E-state index < -0.39 is 0 Å². The molecular formula is C18H22N2O3S. The Morgan fingerprint density at radius 1 is 1.29 bits per heavy atom. The maximum Gasteiger partial charge on any atom is 0.249 e. The van der Waals surface area contributed by atoms with Crippen LogP contribution in [0.2, 0.25) is 0 Å². The zero-order valence-electron chi connectivity index (χ0n) is 13.5. The van der Waals surface area contributed by atoms with Gasteiger partial charge < -0.3 is 14.5 Å². The molecule has 2 aromatic rings. The molecule has 5 nitrogen and oxygen atoms in total. The summed E-state index contributed by atoms with van der Waals surface area (Å²) in [6.45, 7) is 2.47. The fourth-order valence-electron chi connectivity index (χ4n) is 3.71. The van der Waals surface area contributed by atoms with Gasteiger partial charge in [-0.2, -0.15) is 0 Å². The minimum absolute atomic E-state index is 0.0263. The Balaban J connectivity index is 1.29. The van der Waals surface area contributed by atoms with E-state index in [1.165, 1.54) is 4.88 Å². The molecule has 24 heavy (non-hydrogen) atoms. The number of ether oxygens (including phenoxy) is 1. The van der Waals surface area contributed by atoms with E-state index in [0.717, 1.165) is 38.1 Å². The molecular weight excluding hydrogens is 324 g/mol. The maximum atomic E-state index is 12.3. The van der Waals surface area contributed by atoms with E-state index in [9.17, 15) is 4.79 Å². The van der Waals surface area contributed by atoms with Crippen molar-refractivity contribution in [3.63, 3.8) is 0 Å². The van der Waals surface area contributed by atoms with Crippen LogP contribution in [0.4, 0.5) is 0 Å². The molecule has 6 heteroatoms. The topological polar surface area (TPSA) is 54.7 Å². The molecule has 2 saturated heterocycles. The number of thiophene rings is 1. The lowest BCUT2D eigenvalue weighted by Crippen LogP contribution is -2.47. The molecule has 0 unspecified atom stereocenters. The molecule has 2 aliphatic heterocycles. The van der Waals surface area contributed by atoms with Crippen LogP contribution in [-0.4, -0.2) is 35.6 Å². The molecule has 3 atom stereocenters. The number of fused-ring (bicyclic) bond motifs is 1. The van der Waals surface area contributed by atoms with Crippen LogP contribution >= 0.6 is 11.3 Å². The van der Waals surface area contributed by atoms with E-state index in [2.05, 4.69) is 27.7 Å². The summed E-state index contributed by atoms with van der Waals surface area (Å²) in [7, 11) is 0. The summed E-state index contributed by atoms with van der Waals surface area (Å²) >= 11 is 1.80. The van der Waals surface area contributed by atoms with Gasteiger partial charge in [-0.1, -0.05) is 6.07 Å². The first-order valence-electron chi connectivity index (χ1n) is 8.51. The first-order chi connectivity index (χ1) is 11.8. The van der Waals surface area contributed by atoms with Crippen molar-refractivity contribution in [2.24, 2.45) is 0 Å². The van der Waals surface area contributed by atoms with Crippen LogP contribution < -0.4 is 5.32 Å². The molecule has 128 valence electrons. The van der Waals surface area contributed by atoms with Crippen molar-refractivity contribution in [1.82, 2.24) is 10.2 Å². The first-order valence-corrected chi connectivity index (χ1v) is 9.39. The molecule has 2 aromatic heterocycles. The van der Waals surface area contributed by atoms with Gasteiger partial charge in [0.05, 0.1) is 18.9 Å². The van der Waals surface area contributed by atoms with Crippen LogP contribution in [0.5, 0.6) is 0 Å². The standard InChI is InChI=1S/C18H22N2O3S/c21-18(19-11-13-3-1-9-22-13)17-6-5-15-16(23-17)7-8-20(15)12-14-4-2-10-24-14/h1-4,9-10,15-17H,5-8,11-12H2,(H,19,21)/t15-,16-,17+/m1/s1. The minimum atomic E-state index is -0.331. The zero-order chi connectivity index (χ0) is 16.4. The Kier molecular flexibility index (Phi) is 4.69. The lowest BCUT2D eigenvalue weighted by molar-refractivity contribution is -0.144. The number of likely N-dealkylation sites (tertiary alicyclic amines) is 1. The molecule has 4 rings (SSSR count). The molecule has 0 radical (unpaired) electrons. The highest BCUT2D eigenvalue weighted by molar-refractivity contribution is 7.09. The van der Waals surface area contributed by atoms with Gasteiger partial charge in [0.1, 0.15) is 11.9 Å². The Morgan fingerprint density at radius 3 is 3.04 bits per heavy atom. The summed E-state index contributed by atoms with van der Waals surface area (Å²) in [5.41, 5.74) is 0. The van der Waals surface area contributed by atoms with Gasteiger partial charge in [-0.3, -0.25) is 9.69 Å². The number of furan rings is 1. The van der Waals surface area contributed by atoms with Crippen LogP contribution in [0, 0.1) is 0 Å². The van der Waals surface area contributed by atoms with Crippen molar-refractivity contribution < 1.29 is 13.9 Å². The number of amides is 1. The quantitative estimate of drug-likeness (QED) is 0.904. The summed E-state index contributed by atoms with van der Waals surface area (Å²) in [6, 6.07) is 8.42. The van der Waals surface area contributed by atoms with Gasteiger partial charge in [-0.05, 0) is 42.8 Å². The monoisotopic (exact) mass is 346 g/mol. The lowest BCUT2D eigenvalue weighted by Gasteiger charge is -2.35. The van der Waals surface area contributed by atoms with Crippen molar-refractivity contribution in [2.75, 3.05) is 6.54 Å². The maximum absolute atomic E-state index is 12.3. The smallest absolute Gasteiger partial charge is 0.249 e. The average molecular weight is 346 g/mol. The highest BCUT2D eigenvalue weighted by Crippen LogP contribution is 2.33. The number of nitrogens with zero attached hydrogens (tertiary/aromatic N) is 1. The summed E-state index contributed by atoms with van der Waals surface area (Å²) in [5, 5.41) is 5.04. The Bertz CT molecular complexity index is 656. The summed E-state index contributed by atoms with van der Waals surface area (Å²) in [5.74, 6) is 0.738. The van der Waals surface area contributed by atoms with Crippen molar-refractivity contribution in [3.05, 3.63) is 46.5 Å². The third-order valence-corrected chi connectivity index (χ3v) is 5.77.